The van der Waals surface area contributed by atoms with E-state index in [0.717, 1.165) is 11.2 Å². The van der Waals surface area contributed by atoms with Gasteiger partial charge in [-0.15, -0.1) is 0 Å². The summed E-state index contributed by atoms with van der Waals surface area (Å²) in [4.78, 5) is 27.0. The van der Waals surface area contributed by atoms with Gasteiger partial charge in [-0.25, -0.2) is 18.1 Å². The number of carbonyl (C=O) groups is 2. The first kappa shape index (κ1) is 24.1. The highest BCUT2D eigenvalue weighted by molar-refractivity contribution is 7.90. The van der Waals surface area contributed by atoms with Gasteiger partial charge in [0, 0.05) is 27.4 Å². The number of fused-ring (bicyclic) bond motifs is 1. The molecule has 0 saturated heterocycles. The Morgan fingerprint density at radius 1 is 1.09 bits per heavy atom. The van der Waals surface area contributed by atoms with Gasteiger partial charge in [0.15, 0.2) is 15.8 Å². The molecule has 0 spiro atoms. The molecule has 0 bridgehead atoms. The second-order valence-corrected chi connectivity index (χ2v) is 11.2. The van der Waals surface area contributed by atoms with Crippen molar-refractivity contribution in [1.29, 1.82) is 0 Å². The molecule has 0 N–H and O–H groups in total. The van der Waals surface area contributed by atoms with Crippen LogP contribution >= 0.6 is 23.2 Å². The third kappa shape index (κ3) is 5.62. The van der Waals surface area contributed by atoms with Crippen molar-refractivity contribution in [2.24, 2.45) is 0 Å². The van der Waals surface area contributed by atoms with Crippen molar-refractivity contribution in [2.75, 3.05) is 17.1 Å². The summed E-state index contributed by atoms with van der Waals surface area (Å²) in [5, 5.41) is 0.695. The molecule has 3 rings (SSSR count). The molecule has 1 aliphatic heterocycles. The maximum absolute atomic E-state index is 13.3. The molecule has 2 aromatic carbocycles. The predicted octanol–water partition coefficient (Wildman–Crippen LogP) is 5.20. The lowest BCUT2D eigenvalue weighted by Crippen LogP contribution is -2.38. The number of halogens is 2. The zero-order valence-electron chi connectivity index (χ0n) is 17.8. The van der Waals surface area contributed by atoms with Crippen LogP contribution in [0.5, 0.6) is 5.75 Å². The minimum Gasteiger partial charge on any atom is -0.477 e. The Bertz CT molecular complexity index is 1230. The smallest absolute Gasteiger partial charge is 0.422 e. The lowest BCUT2D eigenvalue weighted by molar-refractivity contribution is -0.112. The van der Waals surface area contributed by atoms with E-state index in [1.807, 2.05) is 0 Å². The van der Waals surface area contributed by atoms with Crippen LogP contribution in [0, 0.1) is 0 Å². The van der Waals surface area contributed by atoms with E-state index in [1.54, 1.807) is 39.0 Å². The maximum atomic E-state index is 13.3. The van der Waals surface area contributed by atoms with Crippen LogP contribution < -0.4 is 9.64 Å². The Labute approximate surface area is 196 Å². The summed E-state index contributed by atoms with van der Waals surface area (Å²) in [5.74, 6) is -0.952. The van der Waals surface area contributed by atoms with Crippen molar-refractivity contribution >= 4 is 62.4 Å². The number of hydrogen-bond acceptors (Lipinski definition) is 6. The van der Waals surface area contributed by atoms with E-state index < -0.39 is 33.4 Å². The topological polar surface area (TPSA) is 90.0 Å². The van der Waals surface area contributed by atoms with Gasteiger partial charge in [-0.05, 0) is 57.2 Å². The van der Waals surface area contributed by atoms with E-state index >= 15 is 0 Å². The fourth-order valence-electron chi connectivity index (χ4n) is 2.98. The third-order valence-electron chi connectivity index (χ3n) is 4.20. The number of amides is 2. The largest absolute Gasteiger partial charge is 0.477 e. The number of imide groups is 1. The molecule has 7 nitrogen and oxygen atoms in total. The standard InChI is InChI=1S/C22H21Cl2NO6S/c1-22(2,3)31-21(27)25-18-11-15(24)5-7-16(18)17(20(25)26)10-13-9-14(23)6-8-19(13)30-12-32(4,28)29/h5-11H,12H2,1-4H3/b17-10-. The average molecular weight is 498 g/mol. The highest BCUT2D eigenvalue weighted by Gasteiger charge is 2.39. The summed E-state index contributed by atoms with van der Waals surface area (Å²) in [5.41, 5.74) is 0.468. The molecule has 0 fully saturated rings. The second-order valence-electron chi connectivity index (χ2n) is 8.21. The summed E-state index contributed by atoms with van der Waals surface area (Å²) in [6.45, 7) is 5.08. The van der Waals surface area contributed by atoms with E-state index in [9.17, 15) is 18.0 Å². The molecule has 0 saturated carbocycles. The molecular weight excluding hydrogens is 477 g/mol. The van der Waals surface area contributed by atoms with Gasteiger partial charge in [0.05, 0.1) is 11.3 Å². The fourth-order valence-corrected chi connectivity index (χ4v) is 3.67. The highest BCUT2D eigenvalue weighted by atomic mass is 35.5. The third-order valence-corrected chi connectivity index (χ3v) is 5.22. The highest BCUT2D eigenvalue weighted by Crippen LogP contribution is 2.41. The van der Waals surface area contributed by atoms with Crippen LogP contribution in [0.2, 0.25) is 10.0 Å². The molecule has 2 amide bonds. The Morgan fingerprint density at radius 2 is 1.72 bits per heavy atom. The van der Waals surface area contributed by atoms with E-state index in [2.05, 4.69) is 0 Å². The molecule has 32 heavy (non-hydrogen) atoms. The van der Waals surface area contributed by atoms with Gasteiger partial charge in [0.1, 0.15) is 11.4 Å². The van der Waals surface area contributed by atoms with Crippen LogP contribution in [-0.4, -0.2) is 38.2 Å². The minimum absolute atomic E-state index is 0.175. The monoisotopic (exact) mass is 497 g/mol. The van der Waals surface area contributed by atoms with Crippen LogP contribution in [0.1, 0.15) is 31.9 Å². The first-order valence-corrected chi connectivity index (χ1v) is 12.3. The lowest BCUT2D eigenvalue weighted by atomic mass is 10.0. The number of nitrogens with zero attached hydrogens (tertiary/aromatic N) is 1. The molecule has 1 heterocycles. The summed E-state index contributed by atoms with van der Waals surface area (Å²) in [6, 6.07) is 9.29. The van der Waals surface area contributed by atoms with E-state index in [0.29, 0.717) is 21.2 Å². The number of carbonyl (C=O) groups excluding carboxylic acids is 2. The van der Waals surface area contributed by atoms with E-state index in [1.165, 1.54) is 24.3 Å². The first-order chi connectivity index (χ1) is 14.7. The van der Waals surface area contributed by atoms with Gasteiger partial charge in [-0.2, -0.15) is 0 Å². The van der Waals surface area contributed by atoms with Gasteiger partial charge < -0.3 is 9.47 Å². The van der Waals surface area contributed by atoms with Crippen LogP contribution in [0.15, 0.2) is 36.4 Å². The van der Waals surface area contributed by atoms with Crippen LogP contribution in [0.3, 0.4) is 0 Å². The summed E-state index contributed by atoms with van der Waals surface area (Å²) in [6.07, 6.45) is 1.69. The van der Waals surface area contributed by atoms with Crippen LogP contribution in [-0.2, 0) is 19.4 Å². The molecule has 0 atom stereocenters. The number of hydrogen-bond donors (Lipinski definition) is 0. The van der Waals surface area contributed by atoms with E-state index in [4.69, 9.17) is 32.7 Å². The molecule has 1 aliphatic rings. The predicted molar refractivity (Wildman–Crippen MR) is 125 cm³/mol. The molecule has 0 radical (unpaired) electrons. The van der Waals surface area contributed by atoms with Crippen LogP contribution in [0.25, 0.3) is 11.6 Å². The number of ether oxygens (including phenoxy) is 2. The Hall–Kier alpha value is -2.55. The number of rotatable bonds is 4. The molecule has 10 heteroatoms. The number of sulfone groups is 1. The van der Waals surface area contributed by atoms with Gasteiger partial charge >= 0.3 is 6.09 Å². The SMILES string of the molecule is CC(C)(C)OC(=O)N1C(=O)/C(=C\c2cc(Cl)ccc2OCS(C)(=O)=O)c2ccc(Cl)cc21. The Morgan fingerprint density at radius 3 is 2.34 bits per heavy atom. The van der Waals surface area contributed by atoms with Gasteiger partial charge in [-0.3, -0.25) is 4.79 Å². The van der Waals surface area contributed by atoms with E-state index in [-0.39, 0.29) is 17.0 Å². The summed E-state index contributed by atoms with van der Waals surface area (Å²) >= 11 is 12.2. The molecule has 170 valence electrons. The Balaban J connectivity index is 2.10. The summed E-state index contributed by atoms with van der Waals surface area (Å²) in [7, 11) is -3.40. The quantitative estimate of drug-likeness (QED) is 0.539. The number of benzene rings is 2. The number of anilines is 1. The maximum Gasteiger partial charge on any atom is 0.422 e. The van der Waals surface area contributed by atoms with Crippen molar-refractivity contribution in [3.05, 3.63) is 57.6 Å². The van der Waals surface area contributed by atoms with Crippen LogP contribution in [0.4, 0.5) is 10.5 Å². The average Bonchev–Trinajstić information content (AvgIpc) is 2.90. The zero-order valence-corrected chi connectivity index (χ0v) is 20.1. The fraction of sp³-hybridized carbons (Fsp3) is 0.273. The van der Waals surface area contributed by atoms with Crippen molar-refractivity contribution < 1.29 is 27.5 Å². The van der Waals surface area contributed by atoms with Crippen molar-refractivity contribution in [1.82, 2.24) is 0 Å². The molecular formula is C22H21Cl2NO6S. The summed E-state index contributed by atoms with van der Waals surface area (Å²) < 4.78 is 33.8. The van der Waals surface area contributed by atoms with Crippen molar-refractivity contribution in [2.45, 2.75) is 26.4 Å². The first-order valence-electron chi connectivity index (χ1n) is 9.44. The van der Waals surface area contributed by atoms with Crippen molar-refractivity contribution in [3.8, 4) is 5.75 Å². The molecule has 0 unspecified atom stereocenters. The molecule has 2 aromatic rings. The van der Waals surface area contributed by atoms with Gasteiger partial charge in [0.2, 0.25) is 0 Å². The van der Waals surface area contributed by atoms with Gasteiger partial charge in [0.25, 0.3) is 5.91 Å². The minimum atomic E-state index is -3.40. The molecule has 0 aromatic heterocycles. The van der Waals surface area contributed by atoms with Gasteiger partial charge in [-0.1, -0.05) is 29.3 Å². The van der Waals surface area contributed by atoms with Crippen molar-refractivity contribution in [3.63, 3.8) is 0 Å². The lowest BCUT2D eigenvalue weighted by Gasteiger charge is -2.23. The zero-order chi connectivity index (χ0) is 23.8. The Kier molecular flexibility index (Phi) is 6.60. The molecule has 0 aliphatic carbocycles. The normalized spacial score (nSPS) is 15.1. The second kappa shape index (κ2) is 8.77.